The third-order valence-corrected chi connectivity index (χ3v) is 3.93. The first-order valence-electron chi connectivity index (χ1n) is 7.38. The van der Waals surface area contributed by atoms with Crippen LogP contribution in [0.25, 0.3) is 0 Å². The number of hydrogen-bond acceptors (Lipinski definition) is 2. The topological polar surface area (TPSA) is 29.5 Å². The standard InChI is InChI=1S/C19H24O2/c1-13-9-14(2)18(15(3)10-13)12-17(20)11-16-7-5-6-8-19(16)21-4/h5-10,17,20H,11-12H2,1-4H3. The number of aliphatic hydroxyl groups excluding tert-OH is 1. The molecule has 0 amide bonds. The van der Waals surface area contributed by atoms with Crippen LogP contribution in [-0.4, -0.2) is 18.3 Å². The van der Waals surface area contributed by atoms with Gasteiger partial charge in [0.25, 0.3) is 0 Å². The number of benzene rings is 2. The van der Waals surface area contributed by atoms with E-state index < -0.39 is 6.10 Å². The van der Waals surface area contributed by atoms with E-state index in [0.717, 1.165) is 11.3 Å². The summed E-state index contributed by atoms with van der Waals surface area (Å²) in [4.78, 5) is 0. The maximum atomic E-state index is 10.4. The van der Waals surface area contributed by atoms with Crippen molar-refractivity contribution in [2.75, 3.05) is 7.11 Å². The molecule has 0 saturated carbocycles. The average Bonchev–Trinajstić information content (AvgIpc) is 2.43. The van der Waals surface area contributed by atoms with E-state index in [1.165, 1.54) is 22.3 Å². The van der Waals surface area contributed by atoms with Gasteiger partial charge >= 0.3 is 0 Å². The smallest absolute Gasteiger partial charge is 0.122 e. The third-order valence-electron chi connectivity index (χ3n) is 3.93. The molecule has 0 aliphatic carbocycles. The molecule has 2 heteroatoms. The average molecular weight is 284 g/mol. The summed E-state index contributed by atoms with van der Waals surface area (Å²) in [6.45, 7) is 6.34. The zero-order chi connectivity index (χ0) is 15.4. The monoisotopic (exact) mass is 284 g/mol. The first-order valence-corrected chi connectivity index (χ1v) is 7.38. The number of ether oxygens (including phenoxy) is 1. The summed E-state index contributed by atoms with van der Waals surface area (Å²) in [5, 5.41) is 10.4. The Kier molecular flexibility index (Phi) is 5.03. The molecule has 0 spiro atoms. The molecule has 21 heavy (non-hydrogen) atoms. The highest BCUT2D eigenvalue weighted by Crippen LogP contribution is 2.22. The van der Waals surface area contributed by atoms with Crippen LogP contribution in [0.4, 0.5) is 0 Å². The van der Waals surface area contributed by atoms with Gasteiger partial charge < -0.3 is 9.84 Å². The molecule has 0 fully saturated rings. The fourth-order valence-corrected chi connectivity index (χ4v) is 2.97. The first kappa shape index (κ1) is 15.6. The molecule has 0 heterocycles. The van der Waals surface area contributed by atoms with E-state index in [1.54, 1.807) is 7.11 Å². The summed E-state index contributed by atoms with van der Waals surface area (Å²) in [7, 11) is 1.67. The Hall–Kier alpha value is -1.80. The van der Waals surface area contributed by atoms with E-state index in [0.29, 0.717) is 12.8 Å². The van der Waals surface area contributed by atoms with Crippen molar-refractivity contribution in [3.63, 3.8) is 0 Å². The molecule has 0 aliphatic rings. The van der Waals surface area contributed by atoms with Gasteiger partial charge in [0.05, 0.1) is 13.2 Å². The van der Waals surface area contributed by atoms with E-state index in [-0.39, 0.29) is 0 Å². The quantitative estimate of drug-likeness (QED) is 0.905. The third kappa shape index (κ3) is 3.85. The van der Waals surface area contributed by atoms with Gasteiger partial charge in [-0.2, -0.15) is 0 Å². The van der Waals surface area contributed by atoms with Gasteiger partial charge in [0.15, 0.2) is 0 Å². The molecule has 0 aromatic heterocycles. The predicted octanol–water partition coefficient (Wildman–Crippen LogP) is 3.77. The lowest BCUT2D eigenvalue weighted by molar-refractivity contribution is 0.174. The molecule has 2 aromatic rings. The van der Waals surface area contributed by atoms with Gasteiger partial charge in [-0.1, -0.05) is 35.9 Å². The van der Waals surface area contributed by atoms with E-state index in [9.17, 15) is 5.11 Å². The minimum absolute atomic E-state index is 0.401. The van der Waals surface area contributed by atoms with Crippen LogP contribution < -0.4 is 4.74 Å². The summed E-state index contributed by atoms with van der Waals surface area (Å²) in [5.41, 5.74) is 6.09. The summed E-state index contributed by atoms with van der Waals surface area (Å²) in [5.74, 6) is 0.842. The summed E-state index contributed by atoms with van der Waals surface area (Å²) in [6, 6.07) is 12.2. The molecular weight excluding hydrogens is 260 g/mol. The molecule has 1 unspecified atom stereocenters. The van der Waals surface area contributed by atoms with Crippen LogP contribution in [-0.2, 0) is 12.8 Å². The molecule has 2 rings (SSSR count). The molecule has 0 bridgehead atoms. The summed E-state index contributed by atoms with van der Waals surface area (Å²) in [6.07, 6.45) is 0.883. The van der Waals surface area contributed by atoms with Crippen LogP contribution in [0.2, 0.25) is 0 Å². The van der Waals surface area contributed by atoms with Gasteiger partial charge in [0.1, 0.15) is 5.75 Å². The molecule has 0 aliphatic heterocycles. The van der Waals surface area contributed by atoms with Crippen LogP contribution in [0.1, 0.15) is 27.8 Å². The SMILES string of the molecule is COc1ccccc1CC(O)Cc1c(C)cc(C)cc1C. The molecule has 1 N–H and O–H groups in total. The molecule has 0 saturated heterocycles. The Morgan fingerprint density at radius 1 is 1.00 bits per heavy atom. The second kappa shape index (κ2) is 6.77. The predicted molar refractivity (Wildman–Crippen MR) is 87.1 cm³/mol. The van der Waals surface area contributed by atoms with Crippen LogP contribution in [0, 0.1) is 20.8 Å². The van der Waals surface area contributed by atoms with Crippen LogP contribution in [0.5, 0.6) is 5.75 Å². The highest BCUT2D eigenvalue weighted by atomic mass is 16.5. The van der Waals surface area contributed by atoms with E-state index >= 15 is 0 Å². The Morgan fingerprint density at radius 3 is 2.24 bits per heavy atom. The first-order chi connectivity index (χ1) is 10.0. The second-order valence-electron chi connectivity index (χ2n) is 5.75. The molecule has 2 nitrogen and oxygen atoms in total. The van der Waals surface area contributed by atoms with Gasteiger partial charge in [-0.3, -0.25) is 0 Å². The Balaban J connectivity index is 2.14. The lowest BCUT2D eigenvalue weighted by Gasteiger charge is -2.17. The number of aliphatic hydroxyl groups is 1. The van der Waals surface area contributed by atoms with Crippen LogP contribution in [0.3, 0.4) is 0 Å². The van der Waals surface area contributed by atoms with Crippen molar-refractivity contribution in [2.24, 2.45) is 0 Å². The van der Waals surface area contributed by atoms with Crippen molar-refractivity contribution in [2.45, 2.75) is 39.7 Å². The molecular formula is C19H24O2. The Bertz CT molecular complexity index is 594. The normalized spacial score (nSPS) is 12.2. The Labute approximate surface area is 127 Å². The lowest BCUT2D eigenvalue weighted by atomic mass is 9.93. The van der Waals surface area contributed by atoms with Crippen LogP contribution in [0.15, 0.2) is 36.4 Å². The van der Waals surface area contributed by atoms with Crippen molar-refractivity contribution in [3.05, 3.63) is 64.2 Å². The number of rotatable bonds is 5. The van der Waals surface area contributed by atoms with E-state index in [2.05, 4.69) is 32.9 Å². The van der Waals surface area contributed by atoms with Gasteiger partial charge in [-0.15, -0.1) is 0 Å². The zero-order valence-electron chi connectivity index (χ0n) is 13.3. The number of hydrogen-bond donors (Lipinski definition) is 1. The van der Waals surface area contributed by atoms with Gasteiger partial charge in [0, 0.05) is 6.42 Å². The van der Waals surface area contributed by atoms with E-state index in [1.807, 2.05) is 24.3 Å². The fourth-order valence-electron chi connectivity index (χ4n) is 2.97. The van der Waals surface area contributed by atoms with E-state index in [4.69, 9.17) is 4.74 Å². The highest BCUT2D eigenvalue weighted by molar-refractivity contribution is 5.38. The Morgan fingerprint density at radius 2 is 1.62 bits per heavy atom. The summed E-state index contributed by atoms with van der Waals surface area (Å²) < 4.78 is 5.35. The number of para-hydroxylation sites is 1. The second-order valence-corrected chi connectivity index (χ2v) is 5.75. The van der Waals surface area contributed by atoms with Gasteiger partial charge in [0.2, 0.25) is 0 Å². The van der Waals surface area contributed by atoms with Gasteiger partial charge in [-0.25, -0.2) is 0 Å². The lowest BCUT2D eigenvalue weighted by Crippen LogP contribution is -2.16. The maximum absolute atomic E-state index is 10.4. The van der Waals surface area contributed by atoms with Crippen molar-refractivity contribution >= 4 is 0 Å². The fraction of sp³-hybridized carbons (Fsp3) is 0.368. The zero-order valence-corrected chi connectivity index (χ0v) is 13.3. The molecule has 1 atom stereocenters. The van der Waals surface area contributed by atoms with Gasteiger partial charge in [-0.05, 0) is 55.5 Å². The molecule has 112 valence electrons. The largest absolute Gasteiger partial charge is 0.496 e. The van der Waals surface area contributed by atoms with Crippen molar-refractivity contribution in [1.29, 1.82) is 0 Å². The van der Waals surface area contributed by atoms with Crippen molar-refractivity contribution in [1.82, 2.24) is 0 Å². The van der Waals surface area contributed by atoms with Crippen molar-refractivity contribution in [3.8, 4) is 5.75 Å². The summed E-state index contributed by atoms with van der Waals surface area (Å²) >= 11 is 0. The minimum atomic E-state index is -0.401. The number of methoxy groups -OCH3 is 1. The van der Waals surface area contributed by atoms with Crippen molar-refractivity contribution < 1.29 is 9.84 Å². The van der Waals surface area contributed by atoms with Crippen LogP contribution >= 0.6 is 0 Å². The molecule has 0 radical (unpaired) electrons. The molecule has 2 aromatic carbocycles. The maximum Gasteiger partial charge on any atom is 0.122 e. The minimum Gasteiger partial charge on any atom is -0.496 e. The highest BCUT2D eigenvalue weighted by Gasteiger charge is 2.13. The number of aryl methyl sites for hydroxylation is 3.